The Hall–Kier alpha value is -2.10. The standard InChI is InChI=1S/C16H18N4/c1-2-11-9-18-16-13-7-8-17-14-6-4-3-5-12(14)15(13)19-10-20(11)16/h3-6,10-11,17H,2,7-9H2,1H3. The second-order valence-electron chi connectivity index (χ2n) is 5.43. The molecule has 1 unspecified atom stereocenters. The van der Waals surface area contributed by atoms with E-state index in [-0.39, 0.29) is 0 Å². The van der Waals surface area contributed by atoms with Gasteiger partial charge >= 0.3 is 0 Å². The minimum Gasteiger partial charge on any atom is -0.384 e. The maximum atomic E-state index is 4.77. The van der Waals surface area contributed by atoms with Gasteiger partial charge in [0.15, 0.2) is 0 Å². The van der Waals surface area contributed by atoms with Gasteiger partial charge in [0.2, 0.25) is 0 Å². The van der Waals surface area contributed by atoms with Crippen LogP contribution in [0.3, 0.4) is 0 Å². The number of fused-ring (bicyclic) bond motifs is 4. The number of hydrogen-bond donors (Lipinski definition) is 1. The molecule has 102 valence electrons. The number of rotatable bonds is 1. The molecule has 3 aliphatic rings. The molecule has 0 bridgehead atoms. The zero-order chi connectivity index (χ0) is 13.5. The Morgan fingerprint density at radius 3 is 3.15 bits per heavy atom. The molecule has 0 fully saturated rings. The van der Waals surface area contributed by atoms with Crippen LogP contribution in [0.1, 0.15) is 25.3 Å². The second-order valence-corrected chi connectivity index (χ2v) is 5.43. The summed E-state index contributed by atoms with van der Waals surface area (Å²) in [4.78, 5) is 11.8. The van der Waals surface area contributed by atoms with Gasteiger partial charge in [-0.1, -0.05) is 25.1 Å². The summed E-state index contributed by atoms with van der Waals surface area (Å²) in [6.45, 7) is 4.05. The van der Waals surface area contributed by atoms with Gasteiger partial charge in [0.25, 0.3) is 0 Å². The minimum atomic E-state index is 0.481. The van der Waals surface area contributed by atoms with Crippen molar-refractivity contribution in [1.82, 2.24) is 4.90 Å². The molecular formula is C16H18N4. The van der Waals surface area contributed by atoms with E-state index < -0.39 is 0 Å². The summed E-state index contributed by atoms with van der Waals surface area (Å²) in [6.07, 6.45) is 4.06. The van der Waals surface area contributed by atoms with Gasteiger partial charge in [0.1, 0.15) is 5.84 Å². The van der Waals surface area contributed by atoms with Crippen molar-refractivity contribution in [3.8, 4) is 0 Å². The van der Waals surface area contributed by atoms with E-state index in [1.807, 2.05) is 6.34 Å². The van der Waals surface area contributed by atoms with Crippen molar-refractivity contribution in [2.45, 2.75) is 25.8 Å². The highest BCUT2D eigenvalue weighted by molar-refractivity contribution is 6.14. The van der Waals surface area contributed by atoms with E-state index in [1.54, 1.807) is 0 Å². The number of nitrogens with zero attached hydrogens (tertiary/aromatic N) is 3. The van der Waals surface area contributed by atoms with Crippen LogP contribution >= 0.6 is 0 Å². The van der Waals surface area contributed by atoms with Gasteiger partial charge < -0.3 is 10.2 Å². The monoisotopic (exact) mass is 266 g/mol. The number of aliphatic imine (C=N–C) groups is 2. The fourth-order valence-corrected chi connectivity index (χ4v) is 3.19. The molecular weight excluding hydrogens is 248 g/mol. The van der Waals surface area contributed by atoms with Crippen molar-refractivity contribution in [1.29, 1.82) is 0 Å². The molecule has 3 heterocycles. The predicted molar refractivity (Wildman–Crippen MR) is 83.2 cm³/mol. The lowest BCUT2D eigenvalue weighted by Crippen LogP contribution is -2.38. The molecule has 4 heteroatoms. The van der Waals surface area contributed by atoms with Gasteiger partial charge in [-0.3, -0.25) is 4.99 Å². The van der Waals surface area contributed by atoms with Crippen molar-refractivity contribution in [3.05, 3.63) is 35.4 Å². The van der Waals surface area contributed by atoms with Crippen LogP contribution in [0.5, 0.6) is 0 Å². The Morgan fingerprint density at radius 1 is 1.35 bits per heavy atom. The van der Waals surface area contributed by atoms with Crippen LogP contribution in [0, 0.1) is 0 Å². The number of hydrogen-bond acceptors (Lipinski definition) is 4. The van der Waals surface area contributed by atoms with Crippen molar-refractivity contribution < 1.29 is 0 Å². The summed E-state index contributed by atoms with van der Waals surface area (Å²) in [7, 11) is 0. The highest BCUT2D eigenvalue weighted by atomic mass is 15.3. The van der Waals surface area contributed by atoms with Crippen molar-refractivity contribution >= 4 is 23.6 Å². The van der Waals surface area contributed by atoms with Crippen LogP contribution in [0.4, 0.5) is 5.69 Å². The van der Waals surface area contributed by atoms with Gasteiger partial charge in [-0.15, -0.1) is 0 Å². The molecule has 0 amide bonds. The predicted octanol–water partition coefficient (Wildman–Crippen LogP) is 2.75. The van der Waals surface area contributed by atoms with Gasteiger partial charge in [-0.05, 0) is 18.9 Å². The Kier molecular flexibility index (Phi) is 2.62. The first-order valence-corrected chi connectivity index (χ1v) is 7.32. The maximum absolute atomic E-state index is 4.77. The summed E-state index contributed by atoms with van der Waals surface area (Å²) >= 11 is 0. The fourth-order valence-electron chi connectivity index (χ4n) is 3.19. The average molecular weight is 266 g/mol. The molecule has 0 aromatic heterocycles. The number of nitrogens with one attached hydrogen (secondary N) is 1. The van der Waals surface area contributed by atoms with E-state index in [2.05, 4.69) is 41.4 Å². The smallest absolute Gasteiger partial charge is 0.134 e. The number of anilines is 1. The quantitative estimate of drug-likeness (QED) is 0.849. The van der Waals surface area contributed by atoms with Gasteiger partial charge in [-0.2, -0.15) is 0 Å². The molecule has 0 saturated carbocycles. The van der Waals surface area contributed by atoms with Crippen molar-refractivity contribution in [3.63, 3.8) is 0 Å². The third kappa shape index (κ3) is 1.60. The zero-order valence-corrected chi connectivity index (χ0v) is 11.6. The van der Waals surface area contributed by atoms with E-state index in [9.17, 15) is 0 Å². The average Bonchev–Trinajstić information content (AvgIpc) is 2.82. The molecule has 0 saturated heterocycles. The summed E-state index contributed by atoms with van der Waals surface area (Å²) in [5.74, 6) is 1.14. The number of para-hydroxylation sites is 1. The minimum absolute atomic E-state index is 0.481. The van der Waals surface area contributed by atoms with Crippen LogP contribution in [0.15, 0.2) is 39.8 Å². The van der Waals surface area contributed by atoms with E-state index >= 15 is 0 Å². The summed E-state index contributed by atoms with van der Waals surface area (Å²) in [5.41, 5.74) is 4.76. The lowest BCUT2D eigenvalue weighted by atomic mass is 10.0. The molecule has 20 heavy (non-hydrogen) atoms. The largest absolute Gasteiger partial charge is 0.384 e. The summed E-state index contributed by atoms with van der Waals surface area (Å²) in [6, 6.07) is 8.88. The van der Waals surface area contributed by atoms with Crippen LogP contribution < -0.4 is 5.32 Å². The number of amidine groups is 1. The van der Waals surface area contributed by atoms with E-state index in [1.165, 1.54) is 16.8 Å². The van der Waals surface area contributed by atoms with Gasteiger partial charge in [-0.25, -0.2) is 4.99 Å². The zero-order valence-electron chi connectivity index (χ0n) is 11.6. The highest BCUT2D eigenvalue weighted by Gasteiger charge is 2.33. The lowest BCUT2D eigenvalue weighted by molar-refractivity contribution is 0.471. The molecule has 1 aromatic carbocycles. The van der Waals surface area contributed by atoms with Crippen LogP contribution in [-0.4, -0.2) is 36.2 Å². The van der Waals surface area contributed by atoms with E-state index in [4.69, 9.17) is 9.98 Å². The molecule has 3 aliphatic heterocycles. The van der Waals surface area contributed by atoms with Gasteiger partial charge in [0.05, 0.1) is 24.6 Å². The number of benzene rings is 1. The molecule has 4 nitrogen and oxygen atoms in total. The highest BCUT2D eigenvalue weighted by Crippen LogP contribution is 2.36. The normalized spacial score (nSPS) is 23.6. The van der Waals surface area contributed by atoms with E-state index in [0.29, 0.717) is 6.04 Å². The van der Waals surface area contributed by atoms with Gasteiger partial charge in [0, 0.05) is 23.4 Å². The molecule has 4 rings (SSSR count). The lowest BCUT2D eigenvalue weighted by Gasteiger charge is -2.27. The topological polar surface area (TPSA) is 40.0 Å². The molecule has 0 radical (unpaired) electrons. The summed E-state index contributed by atoms with van der Waals surface area (Å²) in [5, 5.41) is 3.50. The molecule has 0 spiro atoms. The van der Waals surface area contributed by atoms with Crippen LogP contribution in [0.25, 0.3) is 5.70 Å². The Bertz CT molecular complexity index is 642. The Morgan fingerprint density at radius 2 is 2.25 bits per heavy atom. The fraction of sp³-hybridized carbons (Fsp3) is 0.375. The molecule has 0 aliphatic carbocycles. The Balaban J connectivity index is 1.84. The third-order valence-electron chi connectivity index (χ3n) is 4.30. The van der Waals surface area contributed by atoms with Crippen molar-refractivity contribution in [2.24, 2.45) is 9.98 Å². The SMILES string of the molecule is CCC1CN=C2C3=C(N=CN21)c1ccccc1NCC3. The first-order valence-electron chi connectivity index (χ1n) is 7.32. The first kappa shape index (κ1) is 11.7. The van der Waals surface area contributed by atoms with Crippen LogP contribution in [0.2, 0.25) is 0 Å². The molecule has 1 aromatic rings. The third-order valence-corrected chi connectivity index (χ3v) is 4.30. The first-order chi connectivity index (χ1) is 9.88. The second kappa shape index (κ2) is 4.47. The molecule has 1 N–H and O–H groups in total. The summed E-state index contributed by atoms with van der Waals surface area (Å²) < 4.78 is 0. The van der Waals surface area contributed by atoms with Crippen LogP contribution in [-0.2, 0) is 0 Å². The maximum Gasteiger partial charge on any atom is 0.134 e. The Labute approximate surface area is 118 Å². The van der Waals surface area contributed by atoms with E-state index in [0.717, 1.165) is 37.5 Å². The molecule has 1 atom stereocenters. The van der Waals surface area contributed by atoms with Crippen molar-refractivity contribution in [2.75, 3.05) is 18.4 Å².